The van der Waals surface area contributed by atoms with Gasteiger partial charge < -0.3 is 9.88 Å². The summed E-state index contributed by atoms with van der Waals surface area (Å²) in [5.41, 5.74) is 0. The SMILES string of the molecule is Cn1ccsc1=NC(=O)CC1CCCN1. The Hall–Kier alpha value is -0.940. The zero-order valence-corrected chi connectivity index (χ0v) is 9.59. The van der Waals surface area contributed by atoms with E-state index in [1.54, 1.807) is 0 Å². The molecule has 0 aromatic carbocycles. The number of nitrogens with one attached hydrogen (secondary N) is 1. The molecule has 0 aliphatic carbocycles. The van der Waals surface area contributed by atoms with Crippen LogP contribution in [0.25, 0.3) is 0 Å². The molecule has 1 fully saturated rings. The molecular weight excluding hydrogens is 210 g/mol. The van der Waals surface area contributed by atoms with Crippen molar-refractivity contribution in [2.75, 3.05) is 6.54 Å². The van der Waals surface area contributed by atoms with Crippen LogP contribution in [0.5, 0.6) is 0 Å². The first-order chi connectivity index (χ1) is 7.25. The summed E-state index contributed by atoms with van der Waals surface area (Å²) in [4.78, 5) is 16.5. The quantitative estimate of drug-likeness (QED) is 0.803. The van der Waals surface area contributed by atoms with E-state index in [2.05, 4.69) is 10.3 Å². The van der Waals surface area contributed by atoms with Gasteiger partial charge in [0.05, 0.1) is 0 Å². The van der Waals surface area contributed by atoms with Gasteiger partial charge in [-0.25, -0.2) is 0 Å². The Labute approximate surface area is 92.7 Å². The van der Waals surface area contributed by atoms with E-state index in [1.807, 2.05) is 23.2 Å². The number of amides is 1. The summed E-state index contributed by atoms with van der Waals surface area (Å²) in [6.45, 7) is 1.03. The normalized spacial score (nSPS) is 22.2. The van der Waals surface area contributed by atoms with Gasteiger partial charge in [0.25, 0.3) is 0 Å². The number of hydrogen-bond donors (Lipinski definition) is 1. The number of carbonyl (C=O) groups is 1. The van der Waals surface area contributed by atoms with Gasteiger partial charge >= 0.3 is 0 Å². The monoisotopic (exact) mass is 225 g/mol. The largest absolute Gasteiger partial charge is 0.327 e. The summed E-state index contributed by atoms with van der Waals surface area (Å²) in [7, 11) is 1.90. The molecule has 1 saturated heterocycles. The van der Waals surface area contributed by atoms with E-state index in [9.17, 15) is 4.79 Å². The van der Waals surface area contributed by atoms with Crippen molar-refractivity contribution in [1.82, 2.24) is 9.88 Å². The highest BCUT2D eigenvalue weighted by Gasteiger charge is 2.17. The summed E-state index contributed by atoms with van der Waals surface area (Å²) in [5.74, 6) is -0.0209. The second-order valence-corrected chi connectivity index (χ2v) is 4.67. The van der Waals surface area contributed by atoms with Gasteiger partial charge in [0.2, 0.25) is 5.91 Å². The molecule has 1 aromatic heterocycles. The Bertz CT molecular complexity index is 401. The first kappa shape index (κ1) is 10.6. The van der Waals surface area contributed by atoms with Gasteiger partial charge in [-0.2, -0.15) is 4.99 Å². The molecule has 5 heteroatoms. The summed E-state index contributed by atoms with van der Waals surface area (Å²) in [6, 6.07) is 0.339. The molecule has 82 valence electrons. The summed E-state index contributed by atoms with van der Waals surface area (Å²) in [6.07, 6.45) is 4.70. The number of nitrogens with zero attached hydrogens (tertiary/aromatic N) is 2. The lowest BCUT2D eigenvalue weighted by molar-refractivity contribution is -0.118. The lowest BCUT2D eigenvalue weighted by atomic mass is 10.1. The lowest BCUT2D eigenvalue weighted by Crippen LogP contribution is -2.25. The summed E-state index contributed by atoms with van der Waals surface area (Å²) >= 11 is 1.49. The van der Waals surface area contributed by atoms with Crippen LogP contribution in [0.2, 0.25) is 0 Å². The number of aryl methyl sites for hydroxylation is 1. The average molecular weight is 225 g/mol. The predicted molar refractivity (Wildman–Crippen MR) is 59.5 cm³/mol. The number of carbonyl (C=O) groups excluding carboxylic acids is 1. The summed E-state index contributed by atoms with van der Waals surface area (Å²) < 4.78 is 1.87. The third-order valence-corrected chi connectivity index (χ3v) is 3.41. The molecule has 0 spiro atoms. The Balaban J connectivity index is 2.00. The van der Waals surface area contributed by atoms with Crippen LogP contribution < -0.4 is 10.1 Å². The van der Waals surface area contributed by atoms with E-state index in [0.29, 0.717) is 12.5 Å². The Kier molecular flexibility index (Phi) is 3.33. The van der Waals surface area contributed by atoms with Crippen LogP contribution in [0.1, 0.15) is 19.3 Å². The van der Waals surface area contributed by atoms with Crippen molar-refractivity contribution in [1.29, 1.82) is 0 Å². The van der Waals surface area contributed by atoms with Crippen molar-refractivity contribution in [3.63, 3.8) is 0 Å². The zero-order valence-electron chi connectivity index (χ0n) is 8.77. The van der Waals surface area contributed by atoms with Gasteiger partial charge in [0.1, 0.15) is 0 Å². The van der Waals surface area contributed by atoms with Crippen molar-refractivity contribution in [2.24, 2.45) is 12.0 Å². The lowest BCUT2D eigenvalue weighted by Gasteiger charge is -2.05. The van der Waals surface area contributed by atoms with Crippen molar-refractivity contribution >= 4 is 17.2 Å². The van der Waals surface area contributed by atoms with Crippen molar-refractivity contribution in [3.05, 3.63) is 16.4 Å². The molecule has 4 nitrogen and oxygen atoms in total. The highest BCUT2D eigenvalue weighted by molar-refractivity contribution is 7.07. The molecule has 0 bridgehead atoms. The standard InChI is InChI=1S/C10H15N3OS/c1-13-5-6-15-10(13)12-9(14)7-8-3-2-4-11-8/h5-6,8,11H,2-4,7H2,1H3. The maximum atomic E-state index is 11.6. The third kappa shape index (κ3) is 2.76. The number of thiazole rings is 1. The molecule has 2 rings (SSSR count). The molecule has 15 heavy (non-hydrogen) atoms. The van der Waals surface area contributed by atoms with Crippen molar-refractivity contribution in [2.45, 2.75) is 25.3 Å². The van der Waals surface area contributed by atoms with Gasteiger partial charge in [-0.05, 0) is 19.4 Å². The Morgan fingerprint density at radius 1 is 1.80 bits per heavy atom. The van der Waals surface area contributed by atoms with Crippen LogP contribution in [0.15, 0.2) is 16.6 Å². The van der Waals surface area contributed by atoms with Gasteiger partial charge in [-0.1, -0.05) is 0 Å². The second-order valence-electron chi connectivity index (χ2n) is 3.80. The van der Waals surface area contributed by atoms with Crippen molar-refractivity contribution < 1.29 is 4.79 Å². The molecule has 0 saturated carbocycles. The van der Waals surface area contributed by atoms with E-state index in [1.165, 1.54) is 17.8 Å². The van der Waals surface area contributed by atoms with Crippen LogP contribution >= 0.6 is 11.3 Å². The first-order valence-corrected chi connectivity index (χ1v) is 6.05. The minimum atomic E-state index is -0.0209. The number of rotatable bonds is 2. The fourth-order valence-electron chi connectivity index (χ4n) is 1.73. The van der Waals surface area contributed by atoms with E-state index in [0.717, 1.165) is 17.8 Å². The van der Waals surface area contributed by atoms with Gasteiger partial charge in [0, 0.05) is 31.1 Å². The highest BCUT2D eigenvalue weighted by atomic mass is 32.1. The van der Waals surface area contributed by atoms with Crippen LogP contribution in [-0.2, 0) is 11.8 Å². The van der Waals surface area contributed by atoms with Crippen molar-refractivity contribution in [3.8, 4) is 0 Å². The van der Waals surface area contributed by atoms with Gasteiger partial charge in [0.15, 0.2) is 4.80 Å². The van der Waals surface area contributed by atoms with Crippen LogP contribution in [0, 0.1) is 0 Å². The van der Waals surface area contributed by atoms with Crippen LogP contribution in [0.3, 0.4) is 0 Å². The third-order valence-electron chi connectivity index (χ3n) is 2.56. The Morgan fingerprint density at radius 3 is 3.27 bits per heavy atom. The second kappa shape index (κ2) is 4.72. The maximum Gasteiger partial charge on any atom is 0.249 e. The molecule has 1 aromatic rings. The fraction of sp³-hybridized carbons (Fsp3) is 0.600. The van der Waals surface area contributed by atoms with Crippen LogP contribution in [0.4, 0.5) is 0 Å². The molecule has 0 radical (unpaired) electrons. The van der Waals surface area contributed by atoms with Crippen LogP contribution in [-0.4, -0.2) is 23.1 Å². The molecule has 1 aliphatic rings. The van der Waals surface area contributed by atoms with Gasteiger partial charge in [-0.15, -0.1) is 11.3 Å². The topological polar surface area (TPSA) is 46.4 Å². The molecule has 1 unspecified atom stereocenters. The molecule has 1 amide bonds. The zero-order chi connectivity index (χ0) is 10.7. The van der Waals surface area contributed by atoms with Gasteiger partial charge in [-0.3, -0.25) is 4.79 Å². The number of hydrogen-bond acceptors (Lipinski definition) is 3. The minimum Gasteiger partial charge on any atom is -0.327 e. The molecule has 1 N–H and O–H groups in total. The molecular formula is C10H15N3OS. The van der Waals surface area contributed by atoms with E-state index < -0.39 is 0 Å². The fourth-order valence-corrected chi connectivity index (χ4v) is 2.48. The molecule has 1 aliphatic heterocycles. The average Bonchev–Trinajstić information content (AvgIpc) is 2.79. The molecule has 1 atom stereocenters. The highest BCUT2D eigenvalue weighted by Crippen LogP contribution is 2.08. The van der Waals surface area contributed by atoms with E-state index >= 15 is 0 Å². The first-order valence-electron chi connectivity index (χ1n) is 5.17. The Morgan fingerprint density at radius 2 is 2.67 bits per heavy atom. The smallest absolute Gasteiger partial charge is 0.249 e. The minimum absolute atomic E-state index is 0.0209. The maximum absolute atomic E-state index is 11.6. The summed E-state index contributed by atoms with van der Waals surface area (Å²) in [5, 5.41) is 5.23. The number of aromatic nitrogens is 1. The predicted octanol–water partition coefficient (Wildman–Crippen LogP) is 0.656. The van der Waals surface area contributed by atoms with E-state index in [-0.39, 0.29) is 5.91 Å². The molecule has 2 heterocycles. The van der Waals surface area contributed by atoms with E-state index in [4.69, 9.17) is 0 Å².